The molecule has 0 atom stereocenters. The van der Waals surface area contributed by atoms with E-state index in [1.54, 1.807) is 12.1 Å². The quantitative estimate of drug-likeness (QED) is 0.675. The molecule has 1 aliphatic heterocycles. The normalized spacial score (nSPS) is 18.7. The summed E-state index contributed by atoms with van der Waals surface area (Å²) in [6.07, 6.45) is 0.787. The van der Waals surface area contributed by atoms with Gasteiger partial charge in [-0.1, -0.05) is 0 Å². The molecule has 1 aliphatic rings. The van der Waals surface area contributed by atoms with Gasteiger partial charge in [0.25, 0.3) is 0 Å². The number of hydrogen-bond donors (Lipinski definition) is 0. The second kappa shape index (κ2) is 3.16. The van der Waals surface area contributed by atoms with Gasteiger partial charge in [0.2, 0.25) is 0 Å². The maximum Gasteiger partial charge on any atom is 0.123 e. The molecule has 1 heterocycles. The summed E-state index contributed by atoms with van der Waals surface area (Å²) in [6.45, 7) is 4.09. The Bertz CT molecular complexity index is 410. The lowest BCUT2D eigenvalue weighted by molar-refractivity contribution is 0.512. The Morgan fingerprint density at radius 1 is 1.43 bits per heavy atom. The van der Waals surface area contributed by atoms with E-state index in [0.717, 1.165) is 22.2 Å². The lowest BCUT2D eigenvalue weighted by Crippen LogP contribution is -2.27. The summed E-state index contributed by atoms with van der Waals surface area (Å²) < 4.78 is 13.8. The van der Waals surface area contributed by atoms with Gasteiger partial charge >= 0.3 is 0 Å². The average molecular weight is 256 g/mol. The molecule has 0 unspecified atom stereocenters. The minimum absolute atomic E-state index is 0.139. The molecule has 0 saturated carbocycles. The fourth-order valence-electron chi connectivity index (χ4n) is 1.74. The van der Waals surface area contributed by atoms with Crippen LogP contribution in [0.25, 0.3) is 0 Å². The summed E-state index contributed by atoms with van der Waals surface area (Å²) in [7, 11) is 0. The monoisotopic (exact) mass is 255 g/mol. The van der Waals surface area contributed by atoms with E-state index >= 15 is 0 Å². The van der Waals surface area contributed by atoms with Gasteiger partial charge in [0.1, 0.15) is 10.4 Å². The summed E-state index contributed by atoms with van der Waals surface area (Å²) in [6, 6.07) is 4.83. The van der Waals surface area contributed by atoms with E-state index in [0.29, 0.717) is 0 Å². The van der Waals surface area contributed by atoms with Crippen LogP contribution >= 0.6 is 15.9 Å². The Morgan fingerprint density at radius 2 is 2.14 bits per heavy atom. The van der Waals surface area contributed by atoms with Gasteiger partial charge in [-0.3, -0.25) is 4.99 Å². The van der Waals surface area contributed by atoms with Gasteiger partial charge < -0.3 is 0 Å². The van der Waals surface area contributed by atoms with Crippen molar-refractivity contribution in [2.45, 2.75) is 25.8 Å². The minimum atomic E-state index is -0.179. The van der Waals surface area contributed by atoms with Gasteiger partial charge in [-0.2, -0.15) is 0 Å². The Hall–Kier alpha value is -0.700. The predicted molar refractivity (Wildman–Crippen MR) is 59.6 cm³/mol. The van der Waals surface area contributed by atoms with E-state index in [4.69, 9.17) is 0 Å². The van der Waals surface area contributed by atoms with Crippen molar-refractivity contribution < 1.29 is 4.39 Å². The zero-order valence-corrected chi connectivity index (χ0v) is 9.73. The smallest absolute Gasteiger partial charge is 0.123 e. The summed E-state index contributed by atoms with van der Waals surface area (Å²) >= 11 is 3.41. The second-order valence-corrected chi connectivity index (χ2v) is 4.94. The number of nitrogens with zero attached hydrogens (tertiary/aromatic N) is 1. The van der Waals surface area contributed by atoms with Gasteiger partial charge in [-0.25, -0.2) is 4.39 Å². The van der Waals surface area contributed by atoms with Crippen LogP contribution in [0.2, 0.25) is 0 Å². The molecule has 0 spiro atoms. The molecule has 1 aromatic carbocycles. The molecule has 3 heteroatoms. The summed E-state index contributed by atoms with van der Waals surface area (Å²) in [5.74, 6) is -0.179. The highest BCUT2D eigenvalue weighted by atomic mass is 79.9. The highest BCUT2D eigenvalue weighted by Crippen LogP contribution is 2.29. The molecule has 0 N–H and O–H groups in total. The number of benzene rings is 1. The molecule has 2 rings (SSSR count). The molecular formula is C11H11BrFN. The molecule has 0 amide bonds. The molecule has 0 fully saturated rings. The first-order valence-corrected chi connectivity index (χ1v) is 5.31. The fraction of sp³-hybridized carbons (Fsp3) is 0.364. The van der Waals surface area contributed by atoms with E-state index in [1.165, 1.54) is 6.07 Å². The van der Waals surface area contributed by atoms with Gasteiger partial charge in [0.05, 0.1) is 5.54 Å². The van der Waals surface area contributed by atoms with Crippen molar-refractivity contribution in [3.63, 3.8) is 0 Å². The summed E-state index contributed by atoms with van der Waals surface area (Å²) in [5.41, 5.74) is 1.89. The number of fused-ring (bicyclic) bond motifs is 1. The Balaban J connectivity index is 2.56. The van der Waals surface area contributed by atoms with Crippen LogP contribution in [0.5, 0.6) is 0 Å². The zero-order valence-electron chi connectivity index (χ0n) is 8.14. The van der Waals surface area contributed by atoms with E-state index in [1.807, 2.05) is 13.8 Å². The SMILES string of the molecule is CC1(C)Cc2cc(F)ccc2C(Br)=N1. The van der Waals surface area contributed by atoms with E-state index in [-0.39, 0.29) is 11.4 Å². The molecule has 0 saturated heterocycles. The molecule has 1 nitrogen and oxygen atoms in total. The fourth-order valence-corrected chi connectivity index (χ4v) is 2.61. The van der Waals surface area contributed by atoms with E-state index < -0.39 is 0 Å². The maximum atomic E-state index is 13.0. The molecule has 1 aromatic rings. The molecule has 14 heavy (non-hydrogen) atoms. The van der Waals surface area contributed by atoms with E-state index in [9.17, 15) is 4.39 Å². The van der Waals surface area contributed by atoms with Crippen molar-refractivity contribution in [3.05, 3.63) is 35.1 Å². The minimum Gasteiger partial charge on any atom is -0.271 e. The lowest BCUT2D eigenvalue weighted by atomic mass is 9.90. The van der Waals surface area contributed by atoms with Gasteiger partial charge in [0, 0.05) is 5.56 Å². The predicted octanol–water partition coefficient (Wildman–Crippen LogP) is 3.30. The second-order valence-electron chi connectivity index (χ2n) is 4.19. The average Bonchev–Trinajstić information content (AvgIpc) is 2.00. The van der Waals surface area contributed by atoms with Crippen molar-refractivity contribution in [1.29, 1.82) is 0 Å². The van der Waals surface area contributed by atoms with Gasteiger partial charge in [-0.15, -0.1) is 0 Å². The summed E-state index contributed by atoms with van der Waals surface area (Å²) in [5, 5.41) is 0. The Morgan fingerprint density at radius 3 is 2.86 bits per heavy atom. The number of aliphatic imine (C=N–C) groups is 1. The highest BCUT2D eigenvalue weighted by Gasteiger charge is 2.25. The van der Waals surface area contributed by atoms with Crippen molar-refractivity contribution in [2.75, 3.05) is 0 Å². The highest BCUT2D eigenvalue weighted by molar-refractivity contribution is 9.18. The van der Waals surface area contributed by atoms with Crippen molar-refractivity contribution in [2.24, 2.45) is 4.99 Å². The molecule has 0 aliphatic carbocycles. The zero-order chi connectivity index (χ0) is 10.3. The van der Waals surface area contributed by atoms with Crippen LogP contribution in [0.4, 0.5) is 4.39 Å². The number of rotatable bonds is 0. The molecule has 74 valence electrons. The topological polar surface area (TPSA) is 12.4 Å². The van der Waals surface area contributed by atoms with Crippen LogP contribution in [0.15, 0.2) is 23.2 Å². The number of hydrogen-bond acceptors (Lipinski definition) is 1. The van der Waals surface area contributed by atoms with Crippen LogP contribution < -0.4 is 0 Å². The Labute approximate surface area is 91.2 Å². The van der Waals surface area contributed by atoms with Crippen LogP contribution in [0, 0.1) is 5.82 Å². The first-order valence-electron chi connectivity index (χ1n) is 4.52. The molecule has 0 radical (unpaired) electrons. The molecule has 0 bridgehead atoms. The lowest BCUT2D eigenvalue weighted by Gasteiger charge is -2.26. The van der Waals surface area contributed by atoms with Crippen molar-refractivity contribution >= 4 is 20.6 Å². The van der Waals surface area contributed by atoms with Crippen LogP contribution in [0.3, 0.4) is 0 Å². The van der Waals surface area contributed by atoms with Crippen molar-refractivity contribution in [1.82, 2.24) is 0 Å². The third kappa shape index (κ3) is 1.73. The van der Waals surface area contributed by atoms with Crippen LogP contribution in [0.1, 0.15) is 25.0 Å². The van der Waals surface area contributed by atoms with Crippen LogP contribution in [-0.4, -0.2) is 10.2 Å². The first kappa shape index (κ1) is 9.84. The number of halogens is 2. The van der Waals surface area contributed by atoms with E-state index in [2.05, 4.69) is 20.9 Å². The molecule has 0 aromatic heterocycles. The molecular weight excluding hydrogens is 245 g/mol. The standard InChI is InChI=1S/C11H11BrFN/c1-11(2)6-7-5-8(13)3-4-9(7)10(12)14-11/h3-5H,6H2,1-2H3. The van der Waals surface area contributed by atoms with Crippen LogP contribution in [-0.2, 0) is 6.42 Å². The Kier molecular flexibility index (Phi) is 2.22. The van der Waals surface area contributed by atoms with Crippen molar-refractivity contribution in [3.8, 4) is 0 Å². The third-order valence-corrected chi connectivity index (χ3v) is 2.92. The largest absolute Gasteiger partial charge is 0.271 e. The maximum absolute atomic E-state index is 13.0. The summed E-state index contributed by atoms with van der Waals surface area (Å²) in [4.78, 5) is 4.50. The van der Waals surface area contributed by atoms with Gasteiger partial charge in [-0.05, 0) is 60.0 Å². The van der Waals surface area contributed by atoms with Gasteiger partial charge in [0.15, 0.2) is 0 Å². The first-order chi connectivity index (χ1) is 6.48. The third-order valence-electron chi connectivity index (χ3n) is 2.31.